The third-order valence-corrected chi connectivity index (χ3v) is 4.08. The van der Waals surface area contributed by atoms with E-state index in [4.69, 9.17) is 0 Å². The number of para-hydroxylation sites is 1. The molecule has 0 saturated carbocycles. The van der Waals surface area contributed by atoms with Gasteiger partial charge in [-0.25, -0.2) is 17.2 Å². The Hall–Kier alpha value is -2.15. The van der Waals surface area contributed by atoms with Crippen LogP contribution >= 0.6 is 0 Å². The second kappa shape index (κ2) is 6.09. The van der Waals surface area contributed by atoms with Gasteiger partial charge in [-0.15, -0.1) is 0 Å². The van der Waals surface area contributed by atoms with Gasteiger partial charge < -0.3 is 5.32 Å². The Balaban J connectivity index is 2.17. The van der Waals surface area contributed by atoms with Crippen LogP contribution in [0.15, 0.2) is 42.5 Å². The maximum Gasteiger partial charge on any atom is 0.232 e. The van der Waals surface area contributed by atoms with Gasteiger partial charge in [0, 0.05) is 11.4 Å². The lowest BCUT2D eigenvalue weighted by atomic mass is 10.2. The van der Waals surface area contributed by atoms with E-state index >= 15 is 0 Å². The molecule has 7 heteroatoms. The van der Waals surface area contributed by atoms with Gasteiger partial charge in [0.15, 0.2) is 0 Å². The van der Waals surface area contributed by atoms with Crippen molar-refractivity contribution in [1.82, 2.24) is 0 Å². The van der Waals surface area contributed by atoms with Crippen LogP contribution in [0.5, 0.6) is 0 Å². The molecule has 0 bridgehead atoms. The number of hydrogen-bond donors (Lipinski definition) is 2. The minimum atomic E-state index is -3.35. The van der Waals surface area contributed by atoms with Crippen molar-refractivity contribution in [2.24, 2.45) is 0 Å². The molecule has 0 radical (unpaired) electrons. The first-order valence-corrected chi connectivity index (χ1v) is 7.88. The van der Waals surface area contributed by atoms with E-state index in [9.17, 15) is 17.2 Å². The average Bonchev–Trinajstić information content (AvgIpc) is 2.45. The Bertz CT molecular complexity index is 711. The second-order valence-electron chi connectivity index (χ2n) is 4.30. The van der Waals surface area contributed by atoms with Crippen LogP contribution in [-0.4, -0.2) is 14.2 Å². The Morgan fingerprint density at radius 2 is 1.48 bits per heavy atom. The molecule has 0 aliphatic rings. The maximum atomic E-state index is 13.5. The molecule has 0 saturated heterocycles. The van der Waals surface area contributed by atoms with E-state index in [0.29, 0.717) is 11.4 Å². The fourth-order valence-electron chi connectivity index (χ4n) is 1.63. The number of halogens is 2. The summed E-state index contributed by atoms with van der Waals surface area (Å²) in [6.45, 7) is 1.53. The largest absolute Gasteiger partial charge is 0.351 e. The average molecular weight is 312 g/mol. The van der Waals surface area contributed by atoms with Gasteiger partial charge in [0.2, 0.25) is 10.0 Å². The summed E-state index contributed by atoms with van der Waals surface area (Å²) in [5.74, 6) is -1.44. The molecule has 0 spiro atoms. The van der Waals surface area contributed by atoms with Crippen LogP contribution in [0.1, 0.15) is 6.92 Å². The molecular weight excluding hydrogens is 298 g/mol. The third kappa shape index (κ3) is 3.91. The van der Waals surface area contributed by atoms with Gasteiger partial charge in [-0.3, -0.25) is 4.72 Å². The number of benzene rings is 2. The van der Waals surface area contributed by atoms with Crippen molar-refractivity contribution in [3.8, 4) is 0 Å². The summed E-state index contributed by atoms with van der Waals surface area (Å²) >= 11 is 0. The van der Waals surface area contributed by atoms with Gasteiger partial charge in [0.1, 0.15) is 17.3 Å². The van der Waals surface area contributed by atoms with Crippen molar-refractivity contribution in [3.05, 3.63) is 54.1 Å². The molecule has 0 fully saturated rings. The molecule has 0 aliphatic heterocycles. The van der Waals surface area contributed by atoms with Crippen LogP contribution in [0.3, 0.4) is 0 Å². The van der Waals surface area contributed by atoms with Crippen LogP contribution in [0.2, 0.25) is 0 Å². The molecule has 2 rings (SSSR count). The van der Waals surface area contributed by atoms with Crippen LogP contribution in [0, 0.1) is 11.6 Å². The first-order valence-electron chi connectivity index (χ1n) is 6.23. The highest BCUT2D eigenvalue weighted by Crippen LogP contribution is 2.24. The lowest BCUT2D eigenvalue weighted by molar-refractivity contribution is 0.590. The van der Waals surface area contributed by atoms with Crippen molar-refractivity contribution in [2.45, 2.75) is 6.92 Å². The van der Waals surface area contributed by atoms with Gasteiger partial charge in [0.25, 0.3) is 0 Å². The van der Waals surface area contributed by atoms with Crippen LogP contribution in [0.25, 0.3) is 0 Å². The van der Waals surface area contributed by atoms with Crippen molar-refractivity contribution < 1.29 is 17.2 Å². The second-order valence-corrected chi connectivity index (χ2v) is 6.32. The summed E-state index contributed by atoms with van der Waals surface area (Å²) < 4.78 is 52.2. The van der Waals surface area contributed by atoms with E-state index < -0.39 is 21.7 Å². The van der Waals surface area contributed by atoms with E-state index in [-0.39, 0.29) is 11.4 Å². The molecule has 0 unspecified atom stereocenters. The van der Waals surface area contributed by atoms with E-state index in [1.807, 2.05) is 0 Å². The minimum absolute atomic E-state index is 0.0343. The van der Waals surface area contributed by atoms with Crippen molar-refractivity contribution in [2.75, 3.05) is 15.8 Å². The molecule has 0 aliphatic carbocycles. The van der Waals surface area contributed by atoms with Crippen molar-refractivity contribution >= 4 is 27.1 Å². The molecule has 0 heterocycles. The Morgan fingerprint density at radius 1 is 0.952 bits per heavy atom. The summed E-state index contributed by atoms with van der Waals surface area (Å²) in [6.07, 6.45) is 0. The third-order valence-electron chi connectivity index (χ3n) is 2.77. The lowest BCUT2D eigenvalue weighted by Gasteiger charge is -2.10. The monoisotopic (exact) mass is 312 g/mol. The maximum absolute atomic E-state index is 13.5. The van der Waals surface area contributed by atoms with Crippen LogP contribution in [0.4, 0.5) is 25.8 Å². The number of nitrogens with one attached hydrogen (secondary N) is 2. The summed E-state index contributed by atoms with van der Waals surface area (Å²) in [7, 11) is -3.35. The molecule has 4 nitrogen and oxygen atoms in total. The molecule has 2 N–H and O–H groups in total. The molecule has 0 amide bonds. The number of sulfonamides is 1. The zero-order chi connectivity index (χ0) is 15.5. The smallest absolute Gasteiger partial charge is 0.232 e. The number of rotatable bonds is 5. The lowest BCUT2D eigenvalue weighted by Crippen LogP contribution is -2.14. The fourth-order valence-corrected chi connectivity index (χ4v) is 2.27. The van der Waals surface area contributed by atoms with E-state index in [1.54, 1.807) is 0 Å². The number of hydrogen-bond acceptors (Lipinski definition) is 3. The fraction of sp³-hybridized carbons (Fsp3) is 0.143. The Kier molecular flexibility index (Phi) is 4.42. The van der Waals surface area contributed by atoms with E-state index in [1.165, 1.54) is 37.3 Å². The van der Waals surface area contributed by atoms with Crippen LogP contribution in [-0.2, 0) is 10.0 Å². The SMILES string of the molecule is CCS(=O)(=O)Nc1ccc(Nc2c(F)cccc2F)cc1. The predicted molar refractivity (Wildman–Crippen MR) is 79.2 cm³/mol. The van der Waals surface area contributed by atoms with Gasteiger partial charge in [-0.1, -0.05) is 6.07 Å². The zero-order valence-electron chi connectivity index (χ0n) is 11.2. The molecule has 2 aromatic carbocycles. The van der Waals surface area contributed by atoms with Gasteiger partial charge in [-0.05, 0) is 43.3 Å². The molecule has 0 atom stereocenters. The van der Waals surface area contributed by atoms with Gasteiger partial charge in [0.05, 0.1) is 5.75 Å². The highest BCUT2D eigenvalue weighted by molar-refractivity contribution is 7.92. The molecular formula is C14H14F2N2O2S. The predicted octanol–water partition coefficient (Wildman–Crippen LogP) is 3.47. The van der Waals surface area contributed by atoms with Crippen molar-refractivity contribution in [1.29, 1.82) is 0 Å². The van der Waals surface area contributed by atoms with E-state index in [0.717, 1.165) is 12.1 Å². The summed E-state index contributed by atoms with van der Waals surface area (Å²) in [6, 6.07) is 9.64. The van der Waals surface area contributed by atoms with Gasteiger partial charge >= 0.3 is 0 Å². The van der Waals surface area contributed by atoms with E-state index in [2.05, 4.69) is 10.0 Å². The van der Waals surface area contributed by atoms with Crippen LogP contribution < -0.4 is 10.0 Å². The highest BCUT2D eigenvalue weighted by Gasteiger charge is 2.09. The molecule has 2 aromatic rings. The summed E-state index contributed by atoms with van der Waals surface area (Å²) in [5.41, 5.74) is 0.578. The molecule has 112 valence electrons. The summed E-state index contributed by atoms with van der Waals surface area (Å²) in [5, 5.41) is 2.62. The summed E-state index contributed by atoms with van der Waals surface area (Å²) in [4.78, 5) is 0. The first kappa shape index (κ1) is 15.2. The topological polar surface area (TPSA) is 58.2 Å². The standard InChI is InChI=1S/C14H14F2N2O2S/c1-2-21(19,20)18-11-8-6-10(7-9-11)17-14-12(15)4-3-5-13(14)16/h3-9,17-18H,2H2,1H3. The Morgan fingerprint density at radius 3 is 2.00 bits per heavy atom. The first-order chi connectivity index (χ1) is 9.91. The zero-order valence-corrected chi connectivity index (χ0v) is 12.0. The highest BCUT2D eigenvalue weighted by atomic mass is 32.2. The number of anilines is 3. The molecule has 21 heavy (non-hydrogen) atoms. The quantitative estimate of drug-likeness (QED) is 0.889. The minimum Gasteiger partial charge on any atom is -0.351 e. The molecule has 0 aromatic heterocycles. The normalized spacial score (nSPS) is 11.2. The van der Waals surface area contributed by atoms with Gasteiger partial charge in [-0.2, -0.15) is 0 Å². The Labute approximate surface area is 121 Å². The van der Waals surface area contributed by atoms with Crippen molar-refractivity contribution in [3.63, 3.8) is 0 Å².